The van der Waals surface area contributed by atoms with Gasteiger partial charge in [-0.25, -0.2) is 9.97 Å². The maximum absolute atomic E-state index is 11.1. The van der Waals surface area contributed by atoms with Crippen LogP contribution in [0.25, 0.3) is 21.5 Å². The van der Waals surface area contributed by atoms with Crippen LogP contribution in [-0.4, -0.2) is 21.6 Å². The Morgan fingerprint density at radius 3 is 2.79 bits per heavy atom. The highest BCUT2D eigenvalue weighted by Crippen LogP contribution is 2.41. The van der Waals surface area contributed by atoms with Crippen LogP contribution in [0.4, 0.5) is 0 Å². The van der Waals surface area contributed by atoms with Crippen molar-refractivity contribution < 1.29 is 4.79 Å². The summed E-state index contributed by atoms with van der Waals surface area (Å²) < 4.78 is 0. The number of rotatable bonds is 4. The summed E-state index contributed by atoms with van der Waals surface area (Å²) in [5.74, 6) is -0.154. The van der Waals surface area contributed by atoms with E-state index in [1.165, 1.54) is 39.6 Å². The van der Waals surface area contributed by atoms with E-state index in [0.29, 0.717) is 5.16 Å². The van der Waals surface area contributed by atoms with Gasteiger partial charge in [0.2, 0.25) is 5.91 Å². The number of hydrogen-bond donors (Lipinski definition) is 1. The maximum atomic E-state index is 11.1. The molecule has 2 N–H and O–H groups in total. The molecule has 0 aliphatic heterocycles. The number of carbonyl (C=O) groups excluding carboxylic acids is 1. The number of primary amides is 1. The predicted octanol–water partition coefficient (Wildman–Crippen LogP) is 3.73. The fourth-order valence-electron chi connectivity index (χ4n) is 3.10. The highest BCUT2D eigenvalue weighted by Gasteiger charge is 2.23. The third-order valence-electron chi connectivity index (χ3n) is 4.21. The van der Waals surface area contributed by atoms with Gasteiger partial charge in [0.15, 0.2) is 5.16 Å². The average Bonchev–Trinajstić information content (AvgIpc) is 3.13. The topological polar surface area (TPSA) is 68.9 Å². The number of amides is 1. The normalized spacial score (nSPS) is 13.4. The number of carbonyl (C=O) groups is 1. The standard InChI is InChI=1S/C18H17N3OS2/c1-10-5-7-11(8-6-10)16-15-12-3-2-4-13(12)24-17(15)21-18(20-16)23-9-14(19)22/h5-8H,2-4,9H2,1H3,(H2,19,22). The molecule has 2 aromatic heterocycles. The summed E-state index contributed by atoms with van der Waals surface area (Å²) in [6.45, 7) is 2.08. The maximum Gasteiger partial charge on any atom is 0.227 e. The molecule has 1 amide bonds. The minimum atomic E-state index is -0.353. The van der Waals surface area contributed by atoms with Crippen molar-refractivity contribution in [1.29, 1.82) is 0 Å². The molecule has 0 radical (unpaired) electrons. The molecule has 0 spiro atoms. The van der Waals surface area contributed by atoms with Gasteiger partial charge in [0.1, 0.15) is 4.83 Å². The number of aromatic nitrogens is 2. The lowest BCUT2D eigenvalue weighted by atomic mass is 10.0. The summed E-state index contributed by atoms with van der Waals surface area (Å²) in [5.41, 5.74) is 9.98. The molecule has 1 aliphatic carbocycles. The van der Waals surface area contributed by atoms with E-state index in [9.17, 15) is 4.79 Å². The molecular formula is C18H17N3OS2. The Hall–Kier alpha value is -1.92. The smallest absolute Gasteiger partial charge is 0.227 e. The fourth-order valence-corrected chi connectivity index (χ4v) is 5.00. The van der Waals surface area contributed by atoms with Gasteiger partial charge in [0.05, 0.1) is 11.4 Å². The van der Waals surface area contributed by atoms with Crippen LogP contribution < -0.4 is 5.73 Å². The first-order valence-electron chi connectivity index (χ1n) is 7.92. The molecular weight excluding hydrogens is 338 g/mol. The molecule has 1 aromatic carbocycles. The monoisotopic (exact) mass is 355 g/mol. The fraction of sp³-hybridized carbons (Fsp3) is 0.278. The third-order valence-corrected chi connectivity index (χ3v) is 6.27. The summed E-state index contributed by atoms with van der Waals surface area (Å²) in [4.78, 5) is 23.0. The first-order chi connectivity index (χ1) is 11.6. The van der Waals surface area contributed by atoms with Gasteiger partial charge in [-0.2, -0.15) is 0 Å². The van der Waals surface area contributed by atoms with Crippen LogP contribution in [0.3, 0.4) is 0 Å². The van der Waals surface area contributed by atoms with E-state index < -0.39 is 0 Å². The van der Waals surface area contributed by atoms with Crippen LogP contribution in [0.15, 0.2) is 29.4 Å². The molecule has 2 heterocycles. The second kappa shape index (κ2) is 6.18. The molecule has 0 bridgehead atoms. The van der Waals surface area contributed by atoms with Gasteiger partial charge < -0.3 is 5.73 Å². The average molecular weight is 355 g/mol. The number of aryl methyl sites for hydroxylation is 3. The van der Waals surface area contributed by atoms with Crippen molar-refractivity contribution in [3.05, 3.63) is 40.3 Å². The van der Waals surface area contributed by atoms with Gasteiger partial charge in [0, 0.05) is 15.8 Å². The van der Waals surface area contributed by atoms with E-state index in [1.807, 2.05) is 0 Å². The van der Waals surface area contributed by atoms with Crippen molar-refractivity contribution in [3.8, 4) is 11.3 Å². The van der Waals surface area contributed by atoms with Crippen LogP contribution in [-0.2, 0) is 17.6 Å². The number of hydrogen-bond acceptors (Lipinski definition) is 5. The number of thioether (sulfide) groups is 1. The van der Waals surface area contributed by atoms with Crippen molar-refractivity contribution in [3.63, 3.8) is 0 Å². The van der Waals surface area contributed by atoms with Crippen molar-refractivity contribution in [1.82, 2.24) is 9.97 Å². The highest BCUT2D eigenvalue weighted by atomic mass is 32.2. The Balaban J connectivity index is 1.90. The zero-order chi connectivity index (χ0) is 16.7. The van der Waals surface area contributed by atoms with Crippen molar-refractivity contribution in [2.75, 3.05) is 5.75 Å². The van der Waals surface area contributed by atoms with Gasteiger partial charge in [0.25, 0.3) is 0 Å². The van der Waals surface area contributed by atoms with Crippen molar-refractivity contribution in [2.45, 2.75) is 31.3 Å². The highest BCUT2D eigenvalue weighted by molar-refractivity contribution is 7.99. The Morgan fingerprint density at radius 1 is 1.25 bits per heavy atom. The first-order valence-corrected chi connectivity index (χ1v) is 9.72. The lowest BCUT2D eigenvalue weighted by Crippen LogP contribution is -2.13. The quantitative estimate of drug-likeness (QED) is 0.572. The molecule has 0 saturated heterocycles. The number of nitrogens with two attached hydrogens (primary N) is 1. The van der Waals surface area contributed by atoms with Crippen LogP contribution in [0.1, 0.15) is 22.4 Å². The van der Waals surface area contributed by atoms with E-state index in [1.54, 1.807) is 11.3 Å². The third kappa shape index (κ3) is 2.80. The van der Waals surface area contributed by atoms with E-state index in [2.05, 4.69) is 36.2 Å². The van der Waals surface area contributed by atoms with Gasteiger partial charge in [-0.15, -0.1) is 11.3 Å². The number of nitrogens with zero attached hydrogens (tertiary/aromatic N) is 2. The van der Waals surface area contributed by atoms with Crippen molar-refractivity contribution in [2.24, 2.45) is 5.73 Å². The number of thiophene rings is 1. The van der Waals surface area contributed by atoms with E-state index >= 15 is 0 Å². The molecule has 6 heteroatoms. The van der Waals surface area contributed by atoms with Gasteiger partial charge in [-0.05, 0) is 31.7 Å². The molecule has 122 valence electrons. The van der Waals surface area contributed by atoms with Gasteiger partial charge in [-0.1, -0.05) is 41.6 Å². The second-order valence-electron chi connectivity index (χ2n) is 6.01. The molecule has 24 heavy (non-hydrogen) atoms. The molecule has 0 unspecified atom stereocenters. The lowest BCUT2D eigenvalue weighted by molar-refractivity contribution is -0.115. The van der Waals surface area contributed by atoms with Crippen LogP contribution >= 0.6 is 23.1 Å². The zero-order valence-electron chi connectivity index (χ0n) is 13.3. The van der Waals surface area contributed by atoms with E-state index in [-0.39, 0.29) is 11.7 Å². The van der Waals surface area contributed by atoms with Crippen molar-refractivity contribution >= 4 is 39.2 Å². The Labute approximate surface area is 148 Å². The van der Waals surface area contributed by atoms with Crippen LogP contribution in [0.5, 0.6) is 0 Å². The summed E-state index contributed by atoms with van der Waals surface area (Å²) in [5, 5.41) is 1.82. The molecule has 1 aliphatic rings. The van der Waals surface area contributed by atoms with E-state index in [0.717, 1.165) is 28.9 Å². The number of benzene rings is 1. The van der Waals surface area contributed by atoms with Gasteiger partial charge in [-0.3, -0.25) is 4.79 Å². The second-order valence-corrected chi connectivity index (χ2v) is 8.04. The lowest BCUT2D eigenvalue weighted by Gasteiger charge is -2.08. The molecule has 0 atom stereocenters. The Morgan fingerprint density at radius 2 is 2.04 bits per heavy atom. The van der Waals surface area contributed by atoms with Gasteiger partial charge >= 0.3 is 0 Å². The first kappa shape index (κ1) is 15.6. The van der Waals surface area contributed by atoms with Crippen LogP contribution in [0, 0.1) is 6.92 Å². The Kier molecular flexibility index (Phi) is 4.02. The number of fused-ring (bicyclic) bond motifs is 3. The zero-order valence-corrected chi connectivity index (χ0v) is 15.0. The van der Waals surface area contributed by atoms with E-state index in [4.69, 9.17) is 10.7 Å². The molecule has 3 aromatic rings. The minimum absolute atomic E-state index is 0.198. The summed E-state index contributed by atoms with van der Waals surface area (Å²) in [6.07, 6.45) is 3.45. The molecule has 0 fully saturated rings. The summed E-state index contributed by atoms with van der Waals surface area (Å²) >= 11 is 3.07. The molecule has 4 rings (SSSR count). The SMILES string of the molecule is Cc1ccc(-c2nc(SCC(N)=O)nc3sc4c(c23)CCC4)cc1. The molecule has 0 saturated carbocycles. The summed E-state index contributed by atoms with van der Waals surface area (Å²) in [7, 11) is 0. The largest absolute Gasteiger partial charge is 0.369 e. The predicted molar refractivity (Wildman–Crippen MR) is 99.5 cm³/mol. The van der Waals surface area contributed by atoms with Crippen LogP contribution in [0.2, 0.25) is 0 Å². The summed E-state index contributed by atoms with van der Waals surface area (Å²) in [6, 6.07) is 8.43. The molecule has 4 nitrogen and oxygen atoms in total. The Bertz CT molecular complexity index is 932. The minimum Gasteiger partial charge on any atom is -0.369 e.